The Morgan fingerprint density at radius 2 is 1.89 bits per heavy atom. The fourth-order valence-electron chi connectivity index (χ4n) is 3.53. The first kappa shape index (κ1) is 21.2. The number of benzene rings is 1. The van der Waals surface area contributed by atoms with Crippen LogP contribution in [0.25, 0.3) is 0 Å². The van der Waals surface area contributed by atoms with E-state index in [1.807, 2.05) is 6.92 Å². The summed E-state index contributed by atoms with van der Waals surface area (Å²) in [6.45, 7) is 2.22. The zero-order valence-electron chi connectivity index (χ0n) is 15.9. The van der Waals surface area contributed by atoms with E-state index in [0.29, 0.717) is 12.2 Å². The van der Waals surface area contributed by atoms with Crippen molar-refractivity contribution in [3.63, 3.8) is 0 Å². The highest BCUT2D eigenvalue weighted by molar-refractivity contribution is 7.90. The smallest absolute Gasteiger partial charge is 0.233 e. The number of amides is 2. The highest BCUT2D eigenvalue weighted by atomic mass is 32.2. The summed E-state index contributed by atoms with van der Waals surface area (Å²) < 4.78 is 23.3. The van der Waals surface area contributed by atoms with Crippen LogP contribution in [-0.2, 0) is 19.4 Å². The largest absolute Gasteiger partial charge is 0.383 e. The average molecular weight is 396 g/mol. The Balaban J connectivity index is 1.93. The second kappa shape index (κ2) is 9.21. The van der Waals surface area contributed by atoms with Crippen LogP contribution in [0.3, 0.4) is 0 Å². The van der Waals surface area contributed by atoms with E-state index in [9.17, 15) is 18.0 Å². The molecule has 0 aromatic heterocycles. The van der Waals surface area contributed by atoms with Crippen LogP contribution in [0.2, 0.25) is 0 Å². The van der Waals surface area contributed by atoms with Crippen molar-refractivity contribution in [3.05, 3.63) is 24.3 Å². The first-order valence-electron chi connectivity index (χ1n) is 9.32. The molecule has 150 valence electrons. The molecule has 8 heteroatoms. The van der Waals surface area contributed by atoms with Gasteiger partial charge in [0.1, 0.15) is 5.92 Å². The summed E-state index contributed by atoms with van der Waals surface area (Å²) in [6.07, 6.45) is 6.05. The molecular weight excluding hydrogens is 366 g/mol. The van der Waals surface area contributed by atoms with Crippen molar-refractivity contribution in [1.29, 1.82) is 0 Å². The quantitative estimate of drug-likeness (QED) is 0.579. The summed E-state index contributed by atoms with van der Waals surface area (Å²) in [6, 6.07) is 6.27. The third kappa shape index (κ3) is 6.23. The van der Waals surface area contributed by atoms with Crippen molar-refractivity contribution >= 4 is 27.3 Å². The molecule has 1 saturated carbocycles. The third-order valence-electron chi connectivity index (χ3n) is 4.97. The predicted octanol–water partition coefficient (Wildman–Crippen LogP) is 1.69. The molecule has 1 aliphatic carbocycles. The van der Waals surface area contributed by atoms with Gasteiger partial charge < -0.3 is 16.4 Å². The summed E-state index contributed by atoms with van der Waals surface area (Å²) in [4.78, 5) is 24.6. The number of carbonyl (C=O) groups is 2. The van der Waals surface area contributed by atoms with Crippen molar-refractivity contribution in [1.82, 2.24) is 5.32 Å². The highest BCUT2D eigenvalue weighted by Gasteiger charge is 2.34. The third-order valence-corrected chi connectivity index (χ3v) is 6.08. The van der Waals surface area contributed by atoms with E-state index in [2.05, 4.69) is 10.6 Å². The summed E-state index contributed by atoms with van der Waals surface area (Å²) >= 11 is 0. The van der Waals surface area contributed by atoms with Crippen LogP contribution in [0.15, 0.2) is 29.2 Å². The molecule has 2 atom stereocenters. The number of rotatable bonds is 8. The molecule has 0 heterocycles. The molecule has 2 amide bonds. The van der Waals surface area contributed by atoms with E-state index >= 15 is 0 Å². The minimum Gasteiger partial charge on any atom is -0.383 e. The van der Waals surface area contributed by atoms with E-state index < -0.39 is 21.7 Å². The lowest BCUT2D eigenvalue weighted by molar-refractivity contribution is -0.136. The van der Waals surface area contributed by atoms with Crippen molar-refractivity contribution < 1.29 is 18.0 Å². The zero-order valence-corrected chi connectivity index (χ0v) is 16.7. The molecule has 2 rings (SSSR count). The topological polar surface area (TPSA) is 118 Å². The maximum atomic E-state index is 12.6. The van der Waals surface area contributed by atoms with Gasteiger partial charge in [0.05, 0.1) is 4.90 Å². The Kier molecular flexibility index (Phi) is 7.24. The molecule has 0 bridgehead atoms. The molecule has 1 aromatic carbocycles. The molecule has 0 aliphatic heterocycles. The fourth-order valence-corrected chi connectivity index (χ4v) is 4.20. The lowest BCUT2D eigenvalue weighted by atomic mass is 9.79. The van der Waals surface area contributed by atoms with Crippen LogP contribution >= 0.6 is 0 Å². The molecule has 0 saturated heterocycles. The molecule has 1 fully saturated rings. The standard InChI is InChI=1S/C19H29N3O4S/c1-13(12-21-15-9-6-10-16(11-15)27(2,25)26)22-19(24)17(18(20)23)14-7-4-3-5-8-14/h6,9-11,13-14,17,21H,3-5,7-8,12H2,1-2H3,(H2,20,23)(H,22,24)/t13-,17?/m0/s1. The van der Waals surface area contributed by atoms with Crippen LogP contribution in [-0.4, -0.2) is 39.1 Å². The normalized spacial score (nSPS) is 17.7. The fraction of sp³-hybridized carbons (Fsp3) is 0.579. The van der Waals surface area contributed by atoms with Gasteiger partial charge in [-0.3, -0.25) is 9.59 Å². The average Bonchev–Trinajstić information content (AvgIpc) is 2.60. The number of hydrogen-bond acceptors (Lipinski definition) is 5. The molecule has 1 aliphatic rings. The molecule has 27 heavy (non-hydrogen) atoms. The number of nitrogens with one attached hydrogen (secondary N) is 2. The number of sulfone groups is 1. The highest BCUT2D eigenvalue weighted by Crippen LogP contribution is 2.30. The van der Waals surface area contributed by atoms with Gasteiger partial charge in [0.2, 0.25) is 11.8 Å². The first-order valence-corrected chi connectivity index (χ1v) is 11.2. The predicted molar refractivity (Wildman–Crippen MR) is 105 cm³/mol. The minimum absolute atomic E-state index is 0.0165. The molecule has 4 N–H and O–H groups in total. The monoisotopic (exact) mass is 395 g/mol. The first-order chi connectivity index (χ1) is 12.7. The van der Waals surface area contributed by atoms with Crippen LogP contribution in [0.4, 0.5) is 5.69 Å². The van der Waals surface area contributed by atoms with Gasteiger partial charge in [0.25, 0.3) is 0 Å². The Bertz CT molecular complexity index is 773. The second-order valence-electron chi connectivity index (χ2n) is 7.37. The SMILES string of the molecule is C[C@@H](CNc1cccc(S(C)(=O)=O)c1)NC(=O)C(C(N)=O)C1CCCCC1. The van der Waals surface area contributed by atoms with Crippen molar-refractivity contribution in [2.45, 2.75) is 50.0 Å². The van der Waals surface area contributed by atoms with Gasteiger partial charge >= 0.3 is 0 Å². The number of anilines is 1. The van der Waals surface area contributed by atoms with E-state index in [0.717, 1.165) is 38.4 Å². The molecule has 1 aromatic rings. The minimum atomic E-state index is -3.28. The molecule has 0 radical (unpaired) electrons. The van der Waals surface area contributed by atoms with E-state index in [4.69, 9.17) is 5.73 Å². The number of nitrogens with two attached hydrogens (primary N) is 1. The summed E-state index contributed by atoms with van der Waals surface area (Å²) in [5, 5.41) is 5.97. The van der Waals surface area contributed by atoms with Gasteiger partial charge in [0.15, 0.2) is 9.84 Å². The maximum absolute atomic E-state index is 12.6. The van der Waals surface area contributed by atoms with Gasteiger partial charge in [-0.15, -0.1) is 0 Å². The van der Waals surface area contributed by atoms with E-state index in [1.165, 1.54) is 6.07 Å². The number of hydrogen-bond donors (Lipinski definition) is 3. The Morgan fingerprint density at radius 3 is 2.48 bits per heavy atom. The Hall–Kier alpha value is -2.09. The second-order valence-corrected chi connectivity index (χ2v) is 9.38. The number of carbonyl (C=O) groups excluding carboxylic acids is 2. The lowest BCUT2D eigenvalue weighted by Crippen LogP contribution is -2.47. The van der Waals surface area contributed by atoms with Gasteiger partial charge in [-0.05, 0) is 43.9 Å². The molecule has 0 spiro atoms. The van der Waals surface area contributed by atoms with Crippen LogP contribution in [0.1, 0.15) is 39.0 Å². The van der Waals surface area contributed by atoms with Crippen molar-refractivity contribution in [2.24, 2.45) is 17.6 Å². The molecule has 7 nitrogen and oxygen atoms in total. The Labute approximate surface area is 161 Å². The van der Waals surface area contributed by atoms with Gasteiger partial charge in [0, 0.05) is 24.5 Å². The van der Waals surface area contributed by atoms with Crippen LogP contribution in [0, 0.1) is 11.8 Å². The maximum Gasteiger partial charge on any atom is 0.233 e. The summed E-state index contributed by atoms with van der Waals surface area (Å²) in [5.74, 6) is -1.67. The molecule has 1 unspecified atom stereocenters. The van der Waals surface area contributed by atoms with E-state index in [-0.39, 0.29) is 22.8 Å². The van der Waals surface area contributed by atoms with Gasteiger partial charge in [-0.25, -0.2) is 8.42 Å². The molecular formula is C19H29N3O4S. The number of primary amides is 1. The van der Waals surface area contributed by atoms with Gasteiger partial charge in [-0.1, -0.05) is 25.3 Å². The summed E-state index contributed by atoms with van der Waals surface area (Å²) in [7, 11) is -3.28. The lowest BCUT2D eigenvalue weighted by Gasteiger charge is -2.28. The van der Waals surface area contributed by atoms with Crippen LogP contribution in [0.5, 0.6) is 0 Å². The van der Waals surface area contributed by atoms with Gasteiger partial charge in [-0.2, -0.15) is 0 Å². The van der Waals surface area contributed by atoms with Crippen molar-refractivity contribution in [3.8, 4) is 0 Å². The van der Waals surface area contributed by atoms with Crippen molar-refractivity contribution in [2.75, 3.05) is 18.1 Å². The Morgan fingerprint density at radius 1 is 1.22 bits per heavy atom. The summed E-state index contributed by atoms with van der Waals surface area (Å²) in [5.41, 5.74) is 6.15. The van der Waals surface area contributed by atoms with Crippen LogP contribution < -0.4 is 16.4 Å². The zero-order chi connectivity index (χ0) is 20.0. The van der Waals surface area contributed by atoms with E-state index in [1.54, 1.807) is 18.2 Å².